The van der Waals surface area contributed by atoms with Crippen LogP contribution < -0.4 is 20.7 Å². The van der Waals surface area contributed by atoms with Gasteiger partial charge in [0.05, 0.1) is 17.7 Å². The van der Waals surface area contributed by atoms with Crippen molar-refractivity contribution in [2.24, 2.45) is 5.92 Å². The Bertz CT molecular complexity index is 927. The number of aryl methyl sites for hydroxylation is 1. The Kier molecular flexibility index (Phi) is 9.43. The molecule has 0 saturated heterocycles. The maximum Gasteiger partial charge on any atom is 0.253 e. The number of benzene rings is 2. The van der Waals surface area contributed by atoms with Gasteiger partial charge in [0, 0.05) is 18.8 Å². The molecule has 2 aromatic carbocycles. The van der Waals surface area contributed by atoms with Crippen LogP contribution in [0.5, 0.6) is 5.75 Å². The van der Waals surface area contributed by atoms with Crippen molar-refractivity contribution >= 4 is 29.1 Å². The smallest absolute Gasteiger partial charge is 0.253 e. The molecule has 0 aromatic heterocycles. The molecule has 2 amide bonds. The fourth-order valence-electron chi connectivity index (χ4n) is 4.27. The van der Waals surface area contributed by atoms with Gasteiger partial charge in [-0.2, -0.15) is 0 Å². The number of hydrogen-bond acceptors (Lipinski definition) is 4. The van der Waals surface area contributed by atoms with E-state index >= 15 is 0 Å². The van der Waals surface area contributed by atoms with E-state index in [9.17, 15) is 9.59 Å². The number of carbonyl (C=O) groups is 2. The molecule has 6 nitrogen and oxygen atoms in total. The van der Waals surface area contributed by atoms with Crippen molar-refractivity contribution < 1.29 is 14.3 Å². The summed E-state index contributed by atoms with van der Waals surface area (Å²) in [4.78, 5) is 26.0. The minimum Gasteiger partial charge on any atom is -0.497 e. The number of carbonyl (C=O) groups excluding carboxylic acids is 2. The zero-order valence-corrected chi connectivity index (χ0v) is 20.2. The molecule has 3 N–H and O–H groups in total. The summed E-state index contributed by atoms with van der Waals surface area (Å²) in [5.41, 5.74) is 2.19. The van der Waals surface area contributed by atoms with Gasteiger partial charge in [-0.15, -0.1) is 0 Å². The van der Waals surface area contributed by atoms with Crippen LogP contribution in [-0.4, -0.2) is 38.1 Å². The van der Waals surface area contributed by atoms with Gasteiger partial charge in [-0.3, -0.25) is 9.59 Å². The van der Waals surface area contributed by atoms with Crippen LogP contribution in [0.15, 0.2) is 42.5 Å². The van der Waals surface area contributed by atoms with Crippen molar-refractivity contribution in [2.45, 2.75) is 51.5 Å². The average Bonchev–Trinajstić information content (AvgIpc) is 2.84. The van der Waals surface area contributed by atoms with Crippen molar-refractivity contribution in [1.29, 1.82) is 0 Å². The number of nitrogens with one attached hydrogen (secondary N) is 3. The number of anilines is 1. The first kappa shape index (κ1) is 24.9. The fourth-order valence-corrected chi connectivity index (χ4v) is 4.48. The lowest BCUT2D eigenvalue weighted by Crippen LogP contribution is -2.48. The number of methoxy groups -OCH3 is 1. The number of ether oxygens (including phenoxy) is 1. The lowest BCUT2D eigenvalue weighted by molar-refractivity contribution is -0.123. The van der Waals surface area contributed by atoms with Gasteiger partial charge in [0.1, 0.15) is 11.8 Å². The molecule has 7 heteroatoms. The van der Waals surface area contributed by atoms with Gasteiger partial charge in [0.2, 0.25) is 5.91 Å². The van der Waals surface area contributed by atoms with E-state index in [2.05, 4.69) is 16.0 Å². The normalized spacial score (nSPS) is 14.9. The molecular formula is C26H34ClN3O3. The maximum absolute atomic E-state index is 13.0. The second-order valence-electron chi connectivity index (χ2n) is 8.65. The first-order chi connectivity index (χ1) is 16.0. The second kappa shape index (κ2) is 12.5. The Morgan fingerprint density at radius 3 is 2.48 bits per heavy atom. The average molecular weight is 472 g/mol. The van der Waals surface area contributed by atoms with E-state index < -0.39 is 6.04 Å². The first-order valence-corrected chi connectivity index (χ1v) is 12.1. The standard InChI is InChI=1S/C26H34ClN3O3/c1-18-7-6-10-22(24(18)27)25(31)30-23(17-19-8-4-3-5-9-19)26(32)29-16-15-28-20-11-13-21(33-2)14-12-20/h6-7,10-14,19,23,28H,3-5,8-9,15-17H2,1-2H3,(H,29,32)(H,30,31). The van der Waals surface area contributed by atoms with E-state index in [1.807, 2.05) is 37.3 Å². The fraction of sp³-hybridized carbons (Fsp3) is 0.462. The molecule has 3 rings (SSSR count). The van der Waals surface area contributed by atoms with E-state index in [-0.39, 0.29) is 11.8 Å². The number of halogens is 1. The summed E-state index contributed by atoms with van der Waals surface area (Å²) in [6.07, 6.45) is 6.46. The molecule has 1 aliphatic carbocycles. The number of rotatable bonds is 10. The molecule has 1 aliphatic rings. The topological polar surface area (TPSA) is 79.5 Å². The lowest BCUT2D eigenvalue weighted by Gasteiger charge is -2.27. The largest absolute Gasteiger partial charge is 0.497 e. The highest BCUT2D eigenvalue weighted by atomic mass is 35.5. The van der Waals surface area contributed by atoms with Gasteiger partial charge >= 0.3 is 0 Å². The van der Waals surface area contributed by atoms with Crippen molar-refractivity contribution in [3.8, 4) is 5.75 Å². The van der Waals surface area contributed by atoms with Crippen LogP contribution in [0.4, 0.5) is 5.69 Å². The molecule has 0 radical (unpaired) electrons. The summed E-state index contributed by atoms with van der Waals surface area (Å²) in [6, 6.07) is 12.4. The summed E-state index contributed by atoms with van der Waals surface area (Å²) in [7, 11) is 1.63. The van der Waals surface area contributed by atoms with Crippen LogP contribution in [0.25, 0.3) is 0 Å². The Morgan fingerprint density at radius 1 is 1.06 bits per heavy atom. The van der Waals surface area contributed by atoms with Crippen LogP contribution in [0, 0.1) is 12.8 Å². The minimum atomic E-state index is -0.585. The van der Waals surface area contributed by atoms with E-state index in [1.165, 1.54) is 19.3 Å². The summed E-state index contributed by atoms with van der Waals surface area (Å²) in [6.45, 7) is 2.89. The molecule has 2 aromatic rings. The zero-order chi connectivity index (χ0) is 23.6. The van der Waals surface area contributed by atoms with E-state index in [0.29, 0.717) is 36.0 Å². The van der Waals surface area contributed by atoms with Crippen molar-refractivity contribution in [3.05, 3.63) is 58.6 Å². The molecular weight excluding hydrogens is 438 g/mol. The van der Waals surface area contributed by atoms with Crippen LogP contribution in [0.3, 0.4) is 0 Å². The summed E-state index contributed by atoms with van der Waals surface area (Å²) in [5.74, 6) is 0.773. The van der Waals surface area contributed by atoms with Gasteiger partial charge < -0.3 is 20.7 Å². The van der Waals surface area contributed by atoms with E-state index in [0.717, 1.165) is 29.8 Å². The van der Waals surface area contributed by atoms with Gasteiger partial charge in [-0.1, -0.05) is 55.8 Å². The second-order valence-corrected chi connectivity index (χ2v) is 9.03. The Labute approximate surface area is 201 Å². The van der Waals surface area contributed by atoms with Crippen molar-refractivity contribution in [2.75, 3.05) is 25.5 Å². The third-order valence-corrected chi connectivity index (χ3v) is 6.70. The Balaban J connectivity index is 1.57. The van der Waals surface area contributed by atoms with Crippen LogP contribution in [-0.2, 0) is 4.79 Å². The van der Waals surface area contributed by atoms with Crippen LogP contribution in [0.2, 0.25) is 5.02 Å². The lowest BCUT2D eigenvalue weighted by atomic mass is 9.84. The van der Waals surface area contributed by atoms with Crippen LogP contribution in [0.1, 0.15) is 54.4 Å². The predicted octanol–water partition coefficient (Wildman–Crippen LogP) is 4.95. The molecule has 1 atom stereocenters. The summed E-state index contributed by atoms with van der Waals surface area (Å²) >= 11 is 6.35. The SMILES string of the molecule is COc1ccc(NCCNC(=O)C(CC2CCCCC2)NC(=O)c2cccc(C)c2Cl)cc1. The van der Waals surface area contributed by atoms with Gasteiger partial charge in [-0.05, 0) is 55.2 Å². The van der Waals surface area contributed by atoms with Gasteiger partial charge in [0.15, 0.2) is 0 Å². The highest BCUT2D eigenvalue weighted by Gasteiger charge is 2.26. The molecule has 1 saturated carbocycles. The molecule has 0 spiro atoms. The molecule has 33 heavy (non-hydrogen) atoms. The van der Waals surface area contributed by atoms with E-state index in [4.69, 9.17) is 16.3 Å². The quantitative estimate of drug-likeness (QED) is 0.428. The zero-order valence-electron chi connectivity index (χ0n) is 19.5. The molecule has 0 bridgehead atoms. The maximum atomic E-state index is 13.0. The minimum absolute atomic E-state index is 0.158. The molecule has 1 fully saturated rings. The molecule has 178 valence electrons. The predicted molar refractivity (Wildman–Crippen MR) is 133 cm³/mol. The number of hydrogen-bond donors (Lipinski definition) is 3. The van der Waals surface area contributed by atoms with Crippen molar-refractivity contribution in [3.63, 3.8) is 0 Å². The third-order valence-electron chi connectivity index (χ3n) is 6.20. The van der Waals surface area contributed by atoms with E-state index in [1.54, 1.807) is 19.2 Å². The summed E-state index contributed by atoms with van der Waals surface area (Å²) < 4.78 is 5.16. The monoisotopic (exact) mass is 471 g/mol. The highest BCUT2D eigenvalue weighted by Crippen LogP contribution is 2.28. The number of amides is 2. The van der Waals surface area contributed by atoms with Crippen molar-refractivity contribution in [1.82, 2.24) is 10.6 Å². The third kappa shape index (κ3) is 7.39. The first-order valence-electron chi connectivity index (χ1n) is 11.7. The molecule has 1 unspecified atom stereocenters. The van der Waals surface area contributed by atoms with Gasteiger partial charge in [0.25, 0.3) is 5.91 Å². The Hall–Kier alpha value is -2.73. The summed E-state index contributed by atoms with van der Waals surface area (Å²) in [5, 5.41) is 9.63. The highest BCUT2D eigenvalue weighted by molar-refractivity contribution is 6.34. The molecule has 0 aliphatic heterocycles. The van der Waals surface area contributed by atoms with Crippen LogP contribution >= 0.6 is 11.6 Å². The Morgan fingerprint density at radius 2 is 1.79 bits per heavy atom. The van der Waals surface area contributed by atoms with Gasteiger partial charge in [-0.25, -0.2) is 0 Å². The molecule has 0 heterocycles.